The standard InChI is InChI=1S/C21H19FN4O4S/c1-12(28-17-10-6-15(22)7-11-17)18-23-26-21(30-18)31-13(2)19-24-25-20(29-19)14-4-8-16(27-3)9-5-14/h4-13H,1-3H3. The average molecular weight is 442 g/mol. The fraction of sp³-hybridized carbons (Fsp3) is 0.238. The van der Waals surface area contributed by atoms with E-state index in [0.29, 0.717) is 28.6 Å². The van der Waals surface area contributed by atoms with Crippen molar-refractivity contribution >= 4 is 11.8 Å². The maximum absolute atomic E-state index is 13.0. The van der Waals surface area contributed by atoms with Crippen LogP contribution in [-0.2, 0) is 0 Å². The van der Waals surface area contributed by atoms with Crippen LogP contribution in [0.1, 0.15) is 37.0 Å². The third-order valence-electron chi connectivity index (χ3n) is 4.30. The summed E-state index contributed by atoms with van der Waals surface area (Å²) in [6, 6.07) is 13.1. The molecule has 4 rings (SSSR count). The van der Waals surface area contributed by atoms with Crippen LogP contribution in [0.25, 0.3) is 11.5 Å². The molecule has 8 nitrogen and oxygen atoms in total. The van der Waals surface area contributed by atoms with Crippen LogP contribution in [-0.4, -0.2) is 27.5 Å². The fourth-order valence-corrected chi connectivity index (χ4v) is 3.37. The highest BCUT2D eigenvalue weighted by molar-refractivity contribution is 7.99. The minimum absolute atomic E-state index is 0.207. The van der Waals surface area contributed by atoms with Crippen LogP contribution in [0.2, 0.25) is 0 Å². The zero-order valence-electron chi connectivity index (χ0n) is 17.0. The first-order valence-electron chi connectivity index (χ1n) is 9.42. The summed E-state index contributed by atoms with van der Waals surface area (Å²) in [4.78, 5) is 0. The van der Waals surface area contributed by atoms with Crippen molar-refractivity contribution in [3.8, 4) is 23.0 Å². The number of hydrogen-bond donors (Lipinski definition) is 0. The Morgan fingerprint density at radius 1 is 0.839 bits per heavy atom. The highest BCUT2D eigenvalue weighted by atomic mass is 32.2. The summed E-state index contributed by atoms with van der Waals surface area (Å²) in [5.41, 5.74) is 0.795. The van der Waals surface area contributed by atoms with Crippen LogP contribution >= 0.6 is 11.8 Å². The molecule has 2 unspecified atom stereocenters. The summed E-state index contributed by atoms with van der Waals surface area (Å²) in [6.45, 7) is 3.67. The second kappa shape index (κ2) is 9.17. The number of hydrogen-bond acceptors (Lipinski definition) is 9. The molecule has 0 aliphatic heterocycles. The largest absolute Gasteiger partial charge is 0.497 e. The normalized spacial score (nSPS) is 13.0. The summed E-state index contributed by atoms with van der Waals surface area (Å²) < 4.78 is 35.4. The maximum Gasteiger partial charge on any atom is 0.277 e. The van der Waals surface area contributed by atoms with E-state index >= 15 is 0 Å². The van der Waals surface area contributed by atoms with E-state index in [1.165, 1.54) is 36.0 Å². The van der Waals surface area contributed by atoms with E-state index in [-0.39, 0.29) is 11.1 Å². The van der Waals surface area contributed by atoms with Gasteiger partial charge in [0.15, 0.2) is 6.10 Å². The molecule has 0 saturated heterocycles. The van der Waals surface area contributed by atoms with E-state index in [2.05, 4.69) is 20.4 Å². The van der Waals surface area contributed by atoms with E-state index in [9.17, 15) is 4.39 Å². The van der Waals surface area contributed by atoms with Crippen LogP contribution in [0.5, 0.6) is 11.5 Å². The second-order valence-electron chi connectivity index (χ2n) is 6.55. The third kappa shape index (κ3) is 5.02. The molecule has 160 valence electrons. The first-order valence-corrected chi connectivity index (χ1v) is 10.3. The van der Waals surface area contributed by atoms with Gasteiger partial charge in [0.1, 0.15) is 17.3 Å². The Bertz CT molecular complexity index is 1130. The minimum atomic E-state index is -0.493. The Morgan fingerprint density at radius 3 is 2.23 bits per heavy atom. The third-order valence-corrected chi connectivity index (χ3v) is 5.22. The monoisotopic (exact) mass is 442 g/mol. The molecular formula is C21H19FN4O4S. The Morgan fingerprint density at radius 2 is 1.52 bits per heavy atom. The van der Waals surface area contributed by atoms with Gasteiger partial charge in [-0.2, -0.15) is 0 Å². The number of aromatic nitrogens is 4. The van der Waals surface area contributed by atoms with Crippen molar-refractivity contribution in [1.82, 2.24) is 20.4 Å². The molecule has 10 heteroatoms. The number of methoxy groups -OCH3 is 1. The van der Waals surface area contributed by atoms with Crippen molar-refractivity contribution in [1.29, 1.82) is 0 Å². The van der Waals surface area contributed by atoms with E-state index < -0.39 is 6.10 Å². The molecule has 0 fully saturated rings. The predicted octanol–water partition coefficient (Wildman–Crippen LogP) is 5.26. The molecule has 0 saturated carbocycles. The molecule has 0 spiro atoms. The van der Waals surface area contributed by atoms with E-state index in [0.717, 1.165) is 11.3 Å². The van der Waals surface area contributed by atoms with Crippen molar-refractivity contribution in [2.24, 2.45) is 0 Å². The summed E-state index contributed by atoms with van der Waals surface area (Å²) in [6.07, 6.45) is -0.493. The molecule has 4 aromatic rings. The van der Waals surface area contributed by atoms with Gasteiger partial charge in [0.2, 0.25) is 11.8 Å². The van der Waals surface area contributed by atoms with E-state index in [4.69, 9.17) is 18.3 Å². The molecule has 0 aliphatic carbocycles. The van der Waals surface area contributed by atoms with Crippen LogP contribution in [0.3, 0.4) is 0 Å². The fourth-order valence-electron chi connectivity index (χ4n) is 2.65. The summed E-state index contributed by atoms with van der Waals surface area (Å²) >= 11 is 1.30. The predicted molar refractivity (Wildman–Crippen MR) is 110 cm³/mol. The van der Waals surface area contributed by atoms with Crippen molar-refractivity contribution < 1.29 is 22.7 Å². The van der Waals surface area contributed by atoms with Crippen LogP contribution in [0.4, 0.5) is 4.39 Å². The topological polar surface area (TPSA) is 96.3 Å². The zero-order chi connectivity index (χ0) is 21.8. The lowest BCUT2D eigenvalue weighted by Crippen LogP contribution is -2.03. The number of thioether (sulfide) groups is 1. The second-order valence-corrected chi connectivity index (χ2v) is 7.85. The Hall–Kier alpha value is -3.40. The molecule has 31 heavy (non-hydrogen) atoms. The lowest BCUT2D eigenvalue weighted by molar-refractivity contribution is 0.181. The maximum atomic E-state index is 13.0. The molecule has 2 aromatic carbocycles. The van der Waals surface area contributed by atoms with Gasteiger partial charge in [-0.15, -0.1) is 20.4 Å². The number of nitrogens with zero attached hydrogens (tertiary/aromatic N) is 4. The lowest BCUT2D eigenvalue weighted by atomic mass is 10.2. The van der Waals surface area contributed by atoms with Gasteiger partial charge >= 0.3 is 0 Å². The highest BCUT2D eigenvalue weighted by Gasteiger charge is 2.21. The van der Waals surface area contributed by atoms with Crippen molar-refractivity contribution in [2.75, 3.05) is 7.11 Å². The Balaban J connectivity index is 1.39. The summed E-state index contributed by atoms with van der Waals surface area (Å²) in [5.74, 6) is 2.08. The molecule has 0 aliphatic rings. The molecule has 2 heterocycles. The SMILES string of the molecule is COc1ccc(-c2nnc(C(C)Sc3nnc(C(C)Oc4ccc(F)cc4)o3)o2)cc1. The number of benzene rings is 2. The summed E-state index contributed by atoms with van der Waals surface area (Å²) in [7, 11) is 1.61. The summed E-state index contributed by atoms with van der Waals surface area (Å²) in [5, 5.41) is 16.4. The minimum Gasteiger partial charge on any atom is -0.497 e. The van der Waals surface area contributed by atoms with Gasteiger partial charge in [0.05, 0.1) is 12.4 Å². The van der Waals surface area contributed by atoms with Crippen LogP contribution in [0, 0.1) is 5.82 Å². The molecule has 0 amide bonds. The van der Waals surface area contributed by atoms with Gasteiger partial charge in [0.25, 0.3) is 11.1 Å². The van der Waals surface area contributed by atoms with Gasteiger partial charge in [-0.1, -0.05) is 11.8 Å². The average Bonchev–Trinajstić information content (AvgIpc) is 3.45. The van der Waals surface area contributed by atoms with Crippen molar-refractivity contribution in [2.45, 2.75) is 30.4 Å². The van der Waals surface area contributed by atoms with Crippen LogP contribution in [0.15, 0.2) is 62.6 Å². The van der Waals surface area contributed by atoms with Gasteiger partial charge in [-0.05, 0) is 62.4 Å². The van der Waals surface area contributed by atoms with E-state index in [1.807, 2.05) is 31.2 Å². The molecule has 0 radical (unpaired) electrons. The Kier molecular flexibility index (Phi) is 6.17. The molecule has 2 atom stereocenters. The van der Waals surface area contributed by atoms with Gasteiger partial charge in [0, 0.05) is 5.56 Å². The molecule has 0 bridgehead atoms. The van der Waals surface area contributed by atoms with Crippen LogP contribution < -0.4 is 9.47 Å². The molecule has 0 N–H and O–H groups in total. The smallest absolute Gasteiger partial charge is 0.277 e. The van der Waals surface area contributed by atoms with Gasteiger partial charge in [-0.3, -0.25) is 0 Å². The van der Waals surface area contributed by atoms with E-state index in [1.54, 1.807) is 14.0 Å². The number of rotatable bonds is 8. The first kappa shape index (κ1) is 20.9. The zero-order valence-corrected chi connectivity index (χ0v) is 17.8. The Labute approximate surface area is 181 Å². The molecular weight excluding hydrogens is 423 g/mol. The lowest BCUT2D eigenvalue weighted by Gasteiger charge is -2.10. The van der Waals surface area contributed by atoms with Gasteiger partial charge < -0.3 is 18.3 Å². The van der Waals surface area contributed by atoms with Crippen molar-refractivity contribution in [3.05, 3.63) is 66.1 Å². The number of halogens is 1. The first-order chi connectivity index (χ1) is 15.0. The number of ether oxygens (including phenoxy) is 2. The van der Waals surface area contributed by atoms with Crippen molar-refractivity contribution in [3.63, 3.8) is 0 Å². The quantitative estimate of drug-likeness (QED) is 0.338. The highest BCUT2D eigenvalue weighted by Crippen LogP contribution is 2.35. The van der Waals surface area contributed by atoms with Gasteiger partial charge in [-0.25, -0.2) is 4.39 Å². The molecule has 2 aromatic heterocycles.